The molecule has 0 radical (unpaired) electrons. The molecule has 1 fully saturated rings. The molecule has 0 spiro atoms. The highest BCUT2D eigenvalue weighted by Crippen LogP contribution is 2.23. The van der Waals surface area contributed by atoms with Crippen LogP contribution in [0.15, 0.2) is 17.2 Å². The van der Waals surface area contributed by atoms with E-state index in [0.29, 0.717) is 6.04 Å². The van der Waals surface area contributed by atoms with E-state index in [-0.39, 0.29) is 0 Å². The number of thioether (sulfide) groups is 1. The Kier molecular flexibility index (Phi) is 2.17. The van der Waals surface area contributed by atoms with Gasteiger partial charge in [0.05, 0.1) is 0 Å². The minimum absolute atomic E-state index is 0.652. The average Bonchev–Trinajstić information content (AvgIpc) is 2.90. The van der Waals surface area contributed by atoms with Crippen molar-refractivity contribution in [2.24, 2.45) is 0 Å². The first-order valence-corrected chi connectivity index (χ1v) is 5.25. The predicted molar refractivity (Wildman–Crippen MR) is 50.5 cm³/mol. The molecule has 1 aliphatic carbocycles. The van der Waals surface area contributed by atoms with E-state index in [2.05, 4.69) is 15.5 Å². The van der Waals surface area contributed by atoms with Gasteiger partial charge in [-0.3, -0.25) is 0 Å². The molecule has 12 heavy (non-hydrogen) atoms. The fourth-order valence-electron chi connectivity index (χ4n) is 0.943. The van der Waals surface area contributed by atoms with Crippen LogP contribution in [0.25, 0.3) is 0 Å². The summed E-state index contributed by atoms with van der Waals surface area (Å²) in [7, 11) is 0. The fraction of sp³-hybridized carbons (Fsp3) is 0.500. The van der Waals surface area contributed by atoms with Crippen molar-refractivity contribution in [3.8, 4) is 0 Å². The maximum Gasteiger partial charge on any atom is 0.148 e. The van der Waals surface area contributed by atoms with Crippen LogP contribution in [-0.4, -0.2) is 22.5 Å². The van der Waals surface area contributed by atoms with E-state index < -0.39 is 0 Å². The third-order valence-corrected chi connectivity index (χ3v) is 2.41. The lowest BCUT2D eigenvalue weighted by molar-refractivity contribution is 0.920. The van der Waals surface area contributed by atoms with Crippen molar-refractivity contribution in [3.63, 3.8) is 0 Å². The second-order valence-corrected chi connectivity index (χ2v) is 3.71. The van der Waals surface area contributed by atoms with Crippen molar-refractivity contribution in [1.82, 2.24) is 10.2 Å². The van der Waals surface area contributed by atoms with E-state index in [1.54, 1.807) is 11.8 Å². The van der Waals surface area contributed by atoms with Gasteiger partial charge in [0.2, 0.25) is 0 Å². The molecule has 2 rings (SSSR count). The molecule has 1 N–H and O–H groups in total. The number of anilines is 1. The summed E-state index contributed by atoms with van der Waals surface area (Å²) in [5.74, 6) is 0.898. The molecule has 0 aromatic carbocycles. The molecule has 0 unspecified atom stereocenters. The van der Waals surface area contributed by atoms with Crippen molar-refractivity contribution in [2.75, 3.05) is 11.6 Å². The van der Waals surface area contributed by atoms with Gasteiger partial charge in [0, 0.05) is 6.04 Å². The molecule has 3 nitrogen and oxygen atoms in total. The van der Waals surface area contributed by atoms with Gasteiger partial charge in [-0.2, -0.15) is 0 Å². The SMILES string of the molecule is CSc1ccc(NC2CC2)nn1. The second kappa shape index (κ2) is 3.31. The molecular weight excluding hydrogens is 170 g/mol. The van der Waals surface area contributed by atoms with E-state index in [9.17, 15) is 0 Å². The number of hydrogen-bond acceptors (Lipinski definition) is 4. The Morgan fingerprint density at radius 1 is 1.42 bits per heavy atom. The van der Waals surface area contributed by atoms with Crippen LogP contribution in [0.5, 0.6) is 0 Å². The van der Waals surface area contributed by atoms with Gasteiger partial charge in [0.25, 0.3) is 0 Å². The molecule has 64 valence electrons. The Balaban J connectivity index is 2.02. The number of aromatic nitrogens is 2. The Hall–Kier alpha value is -0.770. The van der Waals surface area contributed by atoms with Gasteiger partial charge in [0.15, 0.2) is 0 Å². The molecule has 0 atom stereocenters. The molecule has 1 aromatic heterocycles. The topological polar surface area (TPSA) is 37.8 Å². The van der Waals surface area contributed by atoms with Crippen LogP contribution in [0.2, 0.25) is 0 Å². The molecule has 0 aliphatic heterocycles. The van der Waals surface area contributed by atoms with Crippen molar-refractivity contribution in [3.05, 3.63) is 12.1 Å². The first kappa shape index (κ1) is 7.86. The Bertz CT molecular complexity index is 256. The molecular formula is C8H11N3S. The van der Waals surface area contributed by atoms with Gasteiger partial charge < -0.3 is 5.32 Å². The Morgan fingerprint density at radius 2 is 2.25 bits per heavy atom. The van der Waals surface area contributed by atoms with Crippen LogP contribution in [0.4, 0.5) is 5.82 Å². The maximum absolute atomic E-state index is 4.05. The molecule has 1 heterocycles. The van der Waals surface area contributed by atoms with Gasteiger partial charge in [-0.1, -0.05) is 0 Å². The van der Waals surface area contributed by atoms with Crippen LogP contribution in [0.1, 0.15) is 12.8 Å². The normalized spacial score (nSPS) is 16.1. The summed E-state index contributed by atoms with van der Waals surface area (Å²) < 4.78 is 0. The van der Waals surface area contributed by atoms with Crippen molar-refractivity contribution in [2.45, 2.75) is 23.9 Å². The monoisotopic (exact) mass is 181 g/mol. The quantitative estimate of drug-likeness (QED) is 0.721. The second-order valence-electron chi connectivity index (χ2n) is 2.88. The van der Waals surface area contributed by atoms with Gasteiger partial charge >= 0.3 is 0 Å². The fourth-order valence-corrected chi connectivity index (χ4v) is 1.27. The first-order chi connectivity index (χ1) is 5.88. The third-order valence-electron chi connectivity index (χ3n) is 1.78. The maximum atomic E-state index is 4.05. The minimum atomic E-state index is 0.652. The van der Waals surface area contributed by atoms with Crippen molar-refractivity contribution >= 4 is 17.6 Å². The number of rotatable bonds is 3. The summed E-state index contributed by atoms with van der Waals surface area (Å²) >= 11 is 1.61. The van der Waals surface area contributed by atoms with Gasteiger partial charge in [-0.05, 0) is 31.2 Å². The summed E-state index contributed by atoms with van der Waals surface area (Å²) in [5.41, 5.74) is 0. The lowest BCUT2D eigenvalue weighted by atomic mass is 10.5. The van der Waals surface area contributed by atoms with E-state index in [1.165, 1.54) is 12.8 Å². The molecule has 0 amide bonds. The zero-order valence-electron chi connectivity index (χ0n) is 6.95. The molecule has 4 heteroatoms. The summed E-state index contributed by atoms with van der Waals surface area (Å²) in [6.45, 7) is 0. The number of hydrogen-bond donors (Lipinski definition) is 1. The van der Waals surface area contributed by atoms with Gasteiger partial charge in [-0.25, -0.2) is 0 Å². The largest absolute Gasteiger partial charge is 0.366 e. The average molecular weight is 181 g/mol. The van der Waals surface area contributed by atoms with Crippen LogP contribution < -0.4 is 5.32 Å². The van der Waals surface area contributed by atoms with E-state index in [0.717, 1.165) is 10.8 Å². The minimum Gasteiger partial charge on any atom is -0.366 e. The van der Waals surface area contributed by atoms with Crippen LogP contribution in [0.3, 0.4) is 0 Å². The standard InChI is InChI=1S/C8H11N3S/c1-12-8-5-4-7(10-11-8)9-6-2-3-6/h4-6H,2-3H2,1H3,(H,9,10). The van der Waals surface area contributed by atoms with Gasteiger partial charge in [-0.15, -0.1) is 22.0 Å². The Labute approximate surface area is 76.0 Å². The van der Waals surface area contributed by atoms with E-state index in [1.807, 2.05) is 18.4 Å². The summed E-state index contributed by atoms with van der Waals surface area (Å²) in [5, 5.41) is 12.3. The summed E-state index contributed by atoms with van der Waals surface area (Å²) in [4.78, 5) is 0. The zero-order valence-corrected chi connectivity index (χ0v) is 7.77. The van der Waals surface area contributed by atoms with Gasteiger partial charge in [0.1, 0.15) is 10.8 Å². The van der Waals surface area contributed by atoms with E-state index >= 15 is 0 Å². The molecule has 1 saturated carbocycles. The van der Waals surface area contributed by atoms with Crippen LogP contribution in [0, 0.1) is 0 Å². The molecule has 0 saturated heterocycles. The highest BCUT2D eigenvalue weighted by molar-refractivity contribution is 7.98. The predicted octanol–water partition coefficient (Wildman–Crippen LogP) is 1.77. The lowest BCUT2D eigenvalue weighted by Crippen LogP contribution is -2.03. The zero-order chi connectivity index (χ0) is 8.39. The third kappa shape index (κ3) is 1.88. The van der Waals surface area contributed by atoms with Crippen LogP contribution in [-0.2, 0) is 0 Å². The van der Waals surface area contributed by atoms with Crippen molar-refractivity contribution < 1.29 is 0 Å². The first-order valence-electron chi connectivity index (χ1n) is 4.03. The molecule has 1 aliphatic rings. The van der Waals surface area contributed by atoms with Crippen molar-refractivity contribution in [1.29, 1.82) is 0 Å². The molecule has 1 aromatic rings. The highest BCUT2D eigenvalue weighted by Gasteiger charge is 2.21. The Morgan fingerprint density at radius 3 is 2.75 bits per heavy atom. The molecule has 0 bridgehead atoms. The smallest absolute Gasteiger partial charge is 0.148 e. The summed E-state index contributed by atoms with van der Waals surface area (Å²) in [6, 6.07) is 4.62. The van der Waals surface area contributed by atoms with E-state index in [4.69, 9.17) is 0 Å². The summed E-state index contributed by atoms with van der Waals surface area (Å²) in [6.07, 6.45) is 4.54. The number of nitrogens with one attached hydrogen (secondary N) is 1. The van der Waals surface area contributed by atoms with Crippen LogP contribution >= 0.6 is 11.8 Å². The highest BCUT2D eigenvalue weighted by atomic mass is 32.2. The lowest BCUT2D eigenvalue weighted by Gasteiger charge is -2.01. The number of nitrogens with zero attached hydrogens (tertiary/aromatic N) is 2.